The Hall–Kier alpha value is -2.15. The minimum absolute atomic E-state index is 0.106. The largest absolute Gasteiger partial charge is 0.295 e. The number of carbonyl (C=O) groups is 1. The van der Waals surface area contributed by atoms with E-state index < -0.39 is 0 Å². The fraction of sp³-hybridized carbons (Fsp3) is 0.167. The number of benzene rings is 2. The molecule has 2 rings (SSSR count). The lowest BCUT2D eigenvalue weighted by Gasteiger charge is -2.13. The van der Waals surface area contributed by atoms with Crippen LogP contribution in [0.4, 0.5) is 0 Å². The van der Waals surface area contributed by atoms with Crippen LogP contribution in [0.3, 0.4) is 0 Å². The SMILES string of the molecule is C=Cc1ccc([C@@H](C)c2ccc(C(C)=O)cc2)cc1. The minimum Gasteiger partial charge on any atom is -0.295 e. The average molecular weight is 250 g/mol. The van der Waals surface area contributed by atoms with Crippen LogP contribution in [0.15, 0.2) is 55.1 Å². The number of carbonyl (C=O) groups excluding carboxylic acids is 1. The molecule has 0 aliphatic carbocycles. The van der Waals surface area contributed by atoms with Crippen molar-refractivity contribution in [2.45, 2.75) is 19.8 Å². The van der Waals surface area contributed by atoms with Crippen LogP contribution >= 0.6 is 0 Å². The molecule has 0 saturated carbocycles. The van der Waals surface area contributed by atoms with Crippen LogP contribution in [-0.4, -0.2) is 5.78 Å². The van der Waals surface area contributed by atoms with Gasteiger partial charge in [-0.05, 0) is 23.6 Å². The van der Waals surface area contributed by atoms with Gasteiger partial charge in [-0.3, -0.25) is 4.79 Å². The Kier molecular flexibility index (Phi) is 3.96. The summed E-state index contributed by atoms with van der Waals surface area (Å²) in [6.07, 6.45) is 1.84. The molecule has 0 aromatic heterocycles. The van der Waals surface area contributed by atoms with Gasteiger partial charge in [0.2, 0.25) is 0 Å². The highest BCUT2D eigenvalue weighted by molar-refractivity contribution is 5.94. The summed E-state index contributed by atoms with van der Waals surface area (Å²) in [5, 5.41) is 0. The third-order valence-electron chi connectivity index (χ3n) is 3.49. The van der Waals surface area contributed by atoms with Gasteiger partial charge >= 0.3 is 0 Å². The van der Waals surface area contributed by atoms with E-state index in [-0.39, 0.29) is 5.78 Å². The van der Waals surface area contributed by atoms with E-state index in [1.54, 1.807) is 6.92 Å². The third kappa shape index (κ3) is 3.00. The Morgan fingerprint density at radius 1 is 1.00 bits per heavy atom. The van der Waals surface area contributed by atoms with Gasteiger partial charge in [0.15, 0.2) is 5.78 Å². The van der Waals surface area contributed by atoms with Gasteiger partial charge in [0, 0.05) is 11.5 Å². The molecule has 96 valence electrons. The maximum absolute atomic E-state index is 11.3. The van der Waals surface area contributed by atoms with Crippen molar-refractivity contribution in [2.24, 2.45) is 0 Å². The molecule has 1 heteroatoms. The molecule has 0 spiro atoms. The first-order chi connectivity index (χ1) is 9.11. The van der Waals surface area contributed by atoms with Gasteiger partial charge in [-0.25, -0.2) is 0 Å². The maximum Gasteiger partial charge on any atom is 0.159 e. The summed E-state index contributed by atoms with van der Waals surface area (Å²) in [6.45, 7) is 7.52. The summed E-state index contributed by atoms with van der Waals surface area (Å²) in [6, 6.07) is 16.2. The van der Waals surface area contributed by atoms with Crippen molar-refractivity contribution in [1.82, 2.24) is 0 Å². The molecule has 0 fully saturated rings. The Morgan fingerprint density at radius 3 is 1.89 bits per heavy atom. The zero-order chi connectivity index (χ0) is 13.8. The average Bonchev–Trinajstić information content (AvgIpc) is 2.46. The molecule has 0 unspecified atom stereocenters. The lowest BCUT2D eigenvalue weighted by Crippen LogP contribution is -1.98. The molecule has 0 heterocycles. The molecular weight excluding hydrogens is 232 g/mol. The summed E-state index contributed by atoms with van der Waals surface area (Å²) in [4.78, 5) is 11.3. The van der Waals surface area contributed by atoms with Crippen molar-refractivity contribution in [3.8, 4) is 0 Å². The second-order valence-corrected chi connectivity index (χ2v) is 4.77. The lowest BCUT2D eigenvalue weighted by molar-refractivity contribution is 0.101. The van der Waals surface area contributed by atoms with Crippen LogP contribution in [0, 0.1) is 0 Å². The normalized spacial score (nSPS) is 11.9. The number of hydrogen-bond donors (Lipinski definition) is 0. The maximum atomic E-state index is 11.3. The summed E-state index contributed by atoms with van der Waals surface area (Å²) in [5.74, 6) is 0.425. The van der Waals surface area contributed by atoms with E-state index in [1.165, 1.54) is 11.1 Å². The fourth-order valence-corrected chi connectivity index (χ4v) is 2.12. The molecule has 1 nitrogen and oxygen atoms in total. The van der Waals surface area contributed by atoms with E-state index in [2.05, 4.69) is 37.8 Å². The first-order valence-corrected chi connectivity index (χ1v) is 6.45. The zero-order valence-corrected chi connectivity index (χ0v) is 11.4. The molecule has 0 N–H and O–H groups in total. The summed E-state index contributed by atoms with van der Waals surface area (Å²) in [7, 11) is 0. The van der Waals surface area contributed by atoms with Crippen molar-refractivity contribution < 1.29 is 4.79 Å². The second-order valence-electron chi connectivity index (χ2n) is 4.77. The van der Waals surface area contributed by atoms with Gasteiger partial charge in [-0.15, -0.1) is 0 Å². The van der Waals surface area contributed by atoms with Crippen LogP contribution < -0.4 is 0 Å². The van der Waals surface area contributed by atoms with Crippen molar-refractivity contribution >= 4 is 11.9 Å². The van der Waals surface area contributed by atoms with Crippen LogP contribution in [0.5, 0.6) is 0 Å². The molecule has 0 aliphatic heterocycles. The molecule has 0 bridgehead atoms. The van der Waals surface area contributed by atoms with E-state index in [0.29, 0.717) is 5.92 Å². The number of rotatable bonds is 4. The zero-order valence-electron chi connectivity index (χ0n) is 11.4. The Bertz CT molecular complexity index is 576. The highest BCUT2D eigenvalue weighted by Crippen LogP contribution is 2.24. The van der Waals surface area contributed by atoms with E-state index in [1.807, 2.05) is 30.3 Å². The molecule has 0 aliphatic rings. The number of Topliss-reactive ketones (excluding diaryl/α,β-unsaturated/α-hetero) is 1. The first kappa shape index (κ1) is 13.3. The molecular formula is C18H18O. The van der Waals surface area contributed by atoms with Gasteiger partial charge < -0.3 is 0 Å². The van der Waals surface area contributed by atoms with Gasteiger partial charge in [-0.2, -0.15) is 0 Å². The minimum atomic E-state index is 0.106. The Balaban J connectivity index is 2.24. The second kappa shape index (κ2) is 5.66. The van der Waals surface area contributed by atoms with E-state index in [0.717, 1.165) is 11.1 Å². The van der Waals surface area contributed by atoms with Crippen LogP contribution in [0.1, 0.15) is 46.8 Å². The third-order valence-corrected chi connectivity index (χ3v) is 3.49. The highest BCUT2D eigenvalue weighted by Gasteiger charge is 2.08. The molecule has 0 amide bonds. The summed E-state index contributed by atoms with van der Waals surface area (Å²) >= 11 is 0. The standard InChI is InChI=1S/C18H18O/c1-4-15-5-7-16(8-6-15)13(2)17-9-11-18(12-10-17)14(3)19/h4-13H,1H2,2-3H3/t13-/m1/s1. The monoisotopic (exact) mass is 250 g/mol. The highest BCUT2D eigenvalue weighted by atomic mass is 16.1. The quantitative estimate of drug-likeness (QED) is 0.720. The molecule has 0 saturated heterocycles. The van der Waals surface area contributed by atoms with Crippen molar-refractivity contribution in [3.05, 3.63) is 77.4 Å². The Labute approximate surface area is 114 Å². The molecule has 19 heavy (non-hydrogen) atoms. The number of ketones is 1. The molecule has 2 aromatic carbocycles. The van der Waals surface area contributed by atoms with Crippen molar-refractivity contribution in [1.29, 1.82) is 0 Å². The van der Waals surface area contributed by atoms with Gasteiger partial charge in [-0.1, -0.05) is 68.1 Å². The predicted molar refractivity (Wildman–Crippen MR) is 80.5 cm³/mol. The van der Waals surface area contributed by atoms with E-state index in [9.17, 15) is 4.79 Å². The van der Waals surface area contributed by atoms with Gasteiger partial charge in [0.1, 0.15) is 0 Å². The predicted octanol–water partition coefficient (Wildman–Crippen LogP) is 4.68. The topological polar surface area (TPSA) is 17.1 Å². The van der Waals surface area contributed by atoms with Crippen molar-refractivity contribution in [3.63, 3.8) is 0 Å². The van der Waals surface area contributed by atoms with Crippen LogP contribution in [-0.2, 0) is 0 Å². The lowest BCUT2D eigenvalue weighted by atomic mass is 9.92. The smallest absolute Gasteiger partial charge is 0.159 e. The first-order valence-electron chi connectivity index (χ1n) is 6.45. The number of hydrogen-bond acceptors (Lipinski definition) is 1. The summed E-state index contributed by atoms with van der Waals surface area (Å²) < 4.78 is 0. The molecule has 2 aromatic rings. The fourth-order valence-electron chi connectivity index (χ4n) is 2.12. The Morgan fingerprint density at radius 2 is 1.47 bits per heavy atom. The van der Waals surface area contributed by atoms with Crippen LogP contribution in [0.25, 0.3) is 6.08 Å². The van der Waals surface area contributed by atoms with Gasteiger partial charge in [0.25, 0.3) is 0 Å². The molecule has 0 radical (unpaired) electrons. The van der Waals surface area contributed by atoms with Crippen LogP contribution in [0.2, 0.25) is 0 Å². The van der Waals surface area contributed by atoms with E-state index >= 15 is 0 Å². The summed E-state index contributed by atoms with van der Waals surface area (Å²) in [5.41, 5.74) is 4.37. The van der Waals surface area contributed by atoms with Crippen molar-refractivity contribution in [2.75, 3.05) is 0 Å². The van der Waals surface area contributed by atoms with Gasteiger partial charge in [0.05, 0.1) is 0 Å². The van der Waals surface area contributed by atoms with E-state index in [4.69, 9.17) is 0 Å². The molecule has 1 atom stereocenters.